The van der Waals surface area contributed by atoms with Gasteiger partial charge in [0.1, 0.15) is 45.0 Å². The Morgan fingerprint density at radius 3 is 2.75 bits per heavy atom. The SMILES string of the molecule is Cc1cc(F)cnc1C(=O)Nc1ccc(F)c(C2(C)CS3(=O)=NCCCC3(C)C(N)=N2)n1. The van der Waals surface area contributed by atoms with Crippen LogP contribution in [0.2, 0.25) is 0 Å². The maximum atomic E-state index is 14.9. The number of fused-ring (bicyclic) bond motifs is 1. The number of halogens is 2. The fourth-order valence-electron chi connectivity index (χ4n) is 4.19. The quantitative estimate of drug-likeness (QED) is 0.726. The van der Waals surface area contributed by atoms with Gasteiger partial charge in [0.2, 0.25) is 0 Å². The highest BCUT2D eigenvalue weighted by molar-refractivity contribution is 7.95. The molecular formula is C21H24F2N6O2S. The zero-order valence-electron chi connectivity index (χ0n) is 18.0. The molecule has 4 rings (SSSR count). The van der Waals surface area contributed by atoms with Crippen molar-refractivity contribution in [2.45, 2.75) is 43.9 Å². The Kier molecular flexibility index (Phi) is 5.27. The molecule has 4 heterocycles. The fraction of sp³-hybridized carbons (Fsp3) is 0.429. The second-order valence-corrected chi connectivity index (χ2v) is 11.3. The number of aliphatic imine (C=N–C) groups is 1. The Bertz CT molecular complexity index is 1270. The highest BCUT2D eigenvalue weighted by atomic mass is 32.2. The van der Waals surface area contributed by atoms with Gasteiger partial charge in [0.25, 0.3) is 5.91 Å². The largest absolute Gasteiger partial charge is 0.386 e. The molecule has 11 heteroatoms. The van der Waals surface area contributed by atoms with Crippen molar-refractivity contribution >= 4 is 27.3 Å². The number of aromatic nitrogens is 2. The van der Waals surface area contributed by atoms with Crippen LogP contribution in [0.15, 0.2) is 33.8 Å². The van der Waals surface area contributed by atoms with E-state index in [9.17, 15) is 17.8 Å². The number of nitrogens with zero attached hydrogens (tertiary/aromatic N) is 4. The number of carbonyl (C=O) groups is 1. The van der Waals surface area contributed by atoms with E-state index < -0.39 is 37.6 Å². The second kappa shape index (κ2) is 7.58. The van der Waals surface area contributed by atoms with Gasteiger partial charge in [-0.1, -0.05) is 0 Å². The van der Waals surface area contributed by atoms with Gasteiger partial charge in [0.05, 0.1) is 21.7 Å². The van der Waals surface area contributed by atoms with Crippen LogP contribution in [0.3, 0.4) is 0 Å². The van der Waals surface area contributed by atoms with Crippen molar-refractivity contribution < 1.29 is 17.8 Å². The van der Waals surface area contributed by atoms with Gasteiger partial charge in [-0.2, -0.15) is 0 Å². The normalized spacial score (nSPS) is 29.5. The number of carbonyl (C=O) groups excluding carboxylic acids is 1. The number of hydrogen-bond donors (Lipinski definition) is 2. The Morgan fingerprint density at radius 1 is 1.28 bits per heavy atom. The number of pyridine rings is 2. The Balaban J connectivity index is 1.72. The van der Waals surface area contributed by atoms with Gasteiger partial charge in [0.15, 0.2) is 0 Å². The maximum absolute atomic E-state index is 14.9. The van der Waals surface area contributed by atoms with Crippen LogP contribution in [-0.2, 0) is 15.3 Å². The molecule has 3 unspecified atom stereocenters. The molecule has 2 aliphatic rings. The monoisotopic (exact) mass is 462 g/mol. The summed E-state index contributed by atoms with van der Waals surface area (Å²) < 4.78 is 45.4. The average molecular weight is 463 g/mol. The lowest BCUT2D eigenvalue weighted by atomic mass is 9.96. The molecule has 0 saturated heterocycles. The summed E-state index contributed by atoms with van der Waals surface area (Å²) in [5, 5.41) is 2.55. The van der Waals surface area contributed by atoms with Gasteiger partial charge in [-0.15, -0.1) is 0 Å². The summed E-state index contributed by atoms with van der Waals surface area (Å²) in [6.45, 7) is 5.40. The molecule has 0 aliphatic carbocycles. The molecular weight excluding hydrogens is 438 g/mol. The van der Waals surface area contributed by atoms with Gasteiger partial charge < -0.3 is 11.1 Å². The van der Waals surface area contributed by atoms with Crippen LogP contribution in [0.1, 0.15) is 48.4 Å². The standard InChI is InChI=1S/C21H24F2N6O2S/c1-12-9-13(22)10-25-16(12)18(30)28-15-6-5-14(23)17(27-15)20(2)11-32(31)21(3,19(24)29-20)7-4-8-26-32/h5-6,9-10H,4,7-8,11H2,1-3H3,(H2,24,29)(H,27,28,30). The van der Waals surface area contributed by atoms with E-state index in [2.05, 4.69) is 24.6 Å². The Hall–Kier alpha value is -2.95. The summed E-state index contributed by atoms with van der Waals surface area (Å²) in [5.41, 5.74) is 5.20. The van der Waals surface area contributed by atoms with Crippen molar-refractivity contribution in [3.05, 3.63) is 53.0 Å². The van der Waals surface area contributed by atoms with Crippen LogP contribution in [-0.4, -0.2) is 43.0 Å². The summed E-state index contributed by atoms with van der Waals surface area (Å²) in [5.74, 6) is -1.66. The minimum absolute atomic E-state index is 0.0185. The molecule has 2 aliphatic heterocycles. The van der Waals surface area contributed by atoms with Gasteiger partial charge in [-0.25, -0.2) is 27.3 Å². The molecule has 0 fully saturated rings. The summed E-state index contributed by atoms with van der Waals surface area (Å²) in [7, 11) is -2.81. The topological polar surface area (TPSA) is 123 Å². The zero-order valence-corrected chi connectivity index (χ0v) is 18.8. The van der Waals surface area contributed by atoms with Crippen molar-refractivity contribution in [1.29, 1.82) is 0 Å². The Labute approximate surface area is 184 Å². The summed E-state index contributed by atoms with van der Waals surface area (Å²) in [4.78, 5) is 25.2. The minimum Gasteiger partial charge on any atom is -0.386 e. The van der Waals surface area contributed by atoms with Crippen LogP contribution in [0.5, 0.6) is 0 Å². The number of rotatable bonds is 3. The van der Waals surface area contributed by atoms with Crippen LogP contribution < -0.4 is 11.1 Å². The van der Waals surface area contributed by atoms with Crippen LogP contribution >= 0.6 is 0 Å². The molecule has 170 valence electrons. The van der Waals surface area contributed by atoms with Crippen molar-refractivity contribution in [2.24, 2.45) is 15.1 Å². The molecule has 0 bridgehead atoms. The van der Waals surface area contributed by atoms with Crippen molar-refractivity contribution in [1.82, 2.24) is 9.97 Å². The highest BCUT2D eigenvalue weighted by Crippen LogP contribution is 2.42. The maximum Gasteiger partial charge on any atom is 0.275 e. The van der Waals surface area contributed by atoms with Gasteiger partial charge in [0, 0.05) is 6.54 Å². The molecule has 0 radical (unpaired) electrons. The summed E-state index contributed by atoms with van der Waals surface area (Å²) >= 11 is 0. The van der Waals surface area contributed by atoms with Crippen molar-refractivity contribution in [2.75, 3.05) is 17.6 Å². The van der Waals surface area contributed by atoms with E-state index >= 15 is 0 Å². The molecule has 3 N–H and O–H groups in total. The van der Waals surface area contributed by atoms with Crippen molar-refractivity contribution in [3.63, 3.8) is 0 Å². The van der Waals surface area contributed by atoms with Gasteiger partial charge >= 0.3 is 0 Å². The number of aryl methyl sites for hydroxylation is 1. The molecule has 0 aromatic carbocycles. The highest BCUT2D eigenvalue weighted by Gasteiger charge is 2.51. The van der Waals surface area contributed by atoms with E-state index in [0.717, 1.165) is 18.7 Å². The van der Waals surface area contributed by atoms with Crippen LogP contribution in [0, 0.1) is 18.6 Å². The molecule has 2 aromatic heterocycles. The lowest BCUT2D eigenvalue weighted by molar-refractivity contribution is 0.102. The fourth-order valence-corrected chi connectivity index (χ4v) is 7.11. The predicted octanol–water partition coefficient (Wildman–Crippen LogP) is 2.92. The van der Waals surface area contributed by atoms with E-state index in [1.54, 1.807) is 20.8 Å². The molecule has 0 spiro atoms. The number of nitrogens with two attached hydrogens (primary N) is 1. The molecule has 8 nitrogen and oxygen atoms in total. The summed E-state index contributed by atoms with van der Waals surface area (Å²) in [6.07, 6.45) is 2.29. The first-order chi connectivity index (χ1) is 15.0. The first-order valence-electron chi connectivity index (χ1n) is 10.1. The lowest BCUT2D eigenvalue weighted by Gasteiger charge is -2.43. The van der Waals surface area contributed by atoms with E-state index in [0.29, 0.717) is 18.5 Å². The van der Waals surface area contributed by atoms with Gasteiger partial charge in [-0.3, -0.25) is 9.79 Å². The smallest absolute Gasteiger partial charge is 0.275 e. The molecule has 3 atom stereocenters. The molecule has 1 amide bonds. The number of nitrogens with one attached hydrogen (secondary N) is 1. The third kappa shape index (κ3) is 3.54. The number of anilines is 1. The first-order valence-corrected chi connectivity index (χ1v) is 11.8. The third-order valence-corrected chi connectivity index (χ3v) is 9.43. The van der Waals surface area contributed by atoms with E-state index in [4.69, 9.17) is 5.73 Å². The van der Waals surface area contributed by atoms with E-state index in [-0.39, 0.29) is 28.8 Å². The summed E-state index contributed by atoms with van der Waals surface area (Å²) in [6, 6.07) is 3.63. The molecule has 2 aromatic rings. The number of amidine groups is 1. The molecule has 32 heavy (non-hydrogen) atoms. The number of hydrogen-bond acceptors (Lipinski definition) is 7. The van der Waals surface area contributed by atoms with Crippen LogP contribution in [0.4, 0.5) is 14.6 Å². The zero-order chi connectivity index (χ0) is 23.3. The number of amides is 1. The lowest BCUT2D eigenvalue weighted by Crippen LogP contribution is -2.57. The first kappa shape index (κ1) is 22.3. The van der Waals surface area contributed by atoms with E-state index in [1.807, 2.05) is 0 Å². The van der Waals surface area contributed by atoms with Gasteiger partial charge in [-0.05, 0) is 57.4 Å². The Morgan fingerprint density at radius 2 is 2.03 bits per heavy atom. The predicted molar refractivity (Wildman–Crippen MR) is 118 cm³/mol. The molecule has 0 saturated carbocycles. The van der Waals surface area contributed by atoms with Crippen LogP contribution in [0.25, 0.3) is 0 Å². The van der Waals surface area contributed by atoms with Crippen molar-refractivity contribution in [3.8, 4) is 0 Å². The average Bonchev–Trinajstić information content (AvgIpc) is 2.70. The third-order valence-electron chi connectivity index (χ3n) is 6.06. The minimum atomic E-state index is -2.81. The van der Waals surface area contributed by atoms with E-state index in [1.165, 1.54) is 12.1 Å². The second-order valence-electron chi connectivity index (χ2n) is 8.54.